The molecule has 30 heavy (non-hydrogen) atoms. The molecule has 5 heteroatoms. The van der Waals surface area contributed by atoms with E-state index in [-0.39, 0.29) is 17.5 Å². The van der Waals surface area contributed by atoms with Crippen molar-refractivity contribution < 1.29 is 4.79 Å². The second-order valence-electron chi connectivity index (χ2n) is 8.89. The van der Waals surface area contributed by atoms with E-state index >= 15 is 0 Å². The monoisotopic (exact) mass is 408 g/mol. The van der Waals surface area contributed by atoms with E-state index in [2.05, 4.69) is 82.0 Å². The molecule has 2 N–H and O–H groups in total. The zero-order valence-electron chi connectivity index (χ0n) is 18.8. The maximum Gasteiger partial charge on any atom is 0.242 e. The summed E-state index contributed by atoms with van der Waals surface area (Å²) in [5.41, 5.74) is 3.41. The average Bonchev–Trinajstić information content (AvgIpc) is 2.75. The molecule has 5 nitrogen and oxygen atoms in total. The Balaban J connectivity index is 1.48. The Kier molecular flexibility index (Phi) is 7.38. The predicted molar refractivity (Wildman–Crippen MR) is 126 cm³/mol. The first-order valence-electron chi connectivity index (χ1n) is 11.1. The van der Waals surface area contributed by atoms with Crippen LogP contribution in [0.15, 0.2) is 54.6 Å². The predicted octanol–water partition coefficient (Wildman–Crippen LogP) is 4.11. The maximum atomic E-state index is 12.4. The normalized spacial score (nSPS) is 16.2. The third-order valence-corrected chi connectivity index (χ3v) is 5.98. The Labute approximate surface area is 181 Å². The van der Waals surface area contributed by atoms with Crippen LogP contribution in [0, 0.1) is 0 Å². The van der Waals surface area contributed by atoms with Gasteiger partial charge in [0.25, 0.3) is 0 Å². The lowest BCUT2D eigenvalue weighted by atomic mass is 10.0. The lowest BCUT2D eigenvalue weighted by Crippen LogP contribution is -2.48. The van der Waals surface area contributed by atoms with E-state index in [0.717, 1.165) is 44.8 Å². The van der Waals surface area contributed by atoms with Crippen molar-refractivity contribution in [3.8, 4) is 0 Å². The average molecular weight is 409 g/mol. The molecule has 3 rings (SSSR count). The van der Waals surface area contributed by atoms with Crippen LogP contribution in [-0.2, 0) is 11.3 Å². The molecule has 0 spiro atoms. The van der Waals surface area contributed by atoms with Crippen molar-refractivity contribution >= 4 is 17.3 Å². The van der Waals surface area contributed by atoms with Crippen LogP contribution in [0.4, 0.5) is 11.4 Å². The molecule has 1 amide bonds. The van der Waals surface area contributed by atoms with E-state index in [1.807, 2.05) is 20.8 Å². The second-order valence-corrected chi connectivity index (χ2v) is 8.89. The number of hydrogen-bond donors (Lipinski definition) is 2. The SMILES string of the molecule is CCC(C)(C)NC(=O)C(C)Nc1ccc(N2CCN(Cc3ccccc3)CC2)cc1. The zero-order chi connectivity index (χ0) is 21.6. The van der Waals surface area contributed by atoms with Gasteiger partial charge >= 0.3 is 0 Å². The number of benzene rings is 2. The fourth-order valence-corrected chi connectivity index (χ4v) is 3.62. The molecule has 0 saturated carbocycles. The van der Waals surface area contributed by atoms with Crippen LogP contribution >= 0.6 is 0 Å². The van der Waals surface area contributed by atoms with E-state index in [0.29, 0.717) is 0 Å². The number of amides is 1. The molecule has 1 saturated heterocycles. The third kappa shape index (κ3) is 6.23. The molecule has 0 aromatic heterocycles. The topological polar surface area (TPSA) is 47.6 Å². The maximum absolute atomic E-state index is 12.4. The Morgan fingerprint density at radius 2 is 1.63 bits per heavy atom. The summed E-state index contributed by atoms with van der Waals surface area (Å²) in [6.07, 6.45) is 0.902. The summed E-state index contributed by atoms with van der Waals surface area (Å²) < 4.78 is 0. The minimum absolute atomic E-state index is 0.0282. The van der Waals surface area contributed by atoms with Crippen molar-refractivity contribution in [1.82, 2.24) is 10.2 Å². The summed E-state index contributed by atoms with van der Waals surface area (Å²) in [5.74, 6) is 0.0282. The summed E-state index contributed by atoms with van der Waals surface area (Å²) in [5, 5.41) is 6.41. The summed E-state index contributed by atoms with van der Waals surface area (Å²) in [7, 11) is 0. The van der Waals surface area contributed by atoms with Gasteiger partial charge in [0, 0.05) is 49.6 Å². The van der Waals surface area contributed by atoms with Gasteiger partial charge in [0.05, 0.1) is 0 Å². The number of nitrogens with one attached hydrogen (secondary N) is 2. The van der Waals surface area contributed by atoms with Gasteiger partial charge in [-0.15, -0.1) is 0 Å². The molecule has 1 atom stereocenters. The standard InChI is InChI=1S/C25H36N4O/c1-5-25(3,4)27-24(30)20(2)26-22-11-13-23(14-12-22)29-17-15-28(16-18-29)19-21-9-7-6-8-10-21/h6-14,20,26H,5,15-19H2,1-4H3,(H,27,30). The number of piperazine rings is 1. The Bertz CT molecular complexity index is 796. The Hall–Kier alpha value is -2.53. The van der Waals surface area contributed by atoms with Gasteiger partial charge in [-0.1, -0.05) is 37.3 Å². The van der Waals surface area contributed by atoms with E-state index in [9.17, 15) is 4.79 Å². The molecule has 1 fully saturated rings. The van der Waals surface area contributed by atoms with Gasteiger partial charge in [-0.3, -0.25) is 9.69 Å². The second kappa shape index (κ2) is 9.98. The van der Waals surface area contributed by atoms with E-state index in [1.54, 1.807) is 0 Å². The largest absolute Gasteiger partial charge is 0.374 e. The smallest absolute Gasteiger partial charge is 0.242 e. The first kappa shape index (κ1) is 22.2. The molecular formula is C25H36N4O. The van der Waals surface area contributed by atoms with Gasteiger partial charge in [0.2, 0.25) is 5.91 Å². The highest BCUT2D eigenvalue weighted by Gasteiger charge is 2.22. The van der Waals surface area contributed by atoms with Gasteiger partial charge < -0.3 is 15.5 Å². The molecule has 2 aromatic rings. The van der Waals surface area contributed by atoms with Crippen LogP contribution in [0.25, 0.3) is 0 Å². The number of carbonyl (C=O) groups excluding carboxylic acids is 1. The minimum Gasteiger partial charge on any atom is -0.374 e. The molecule has 162 valence electrons. The Morgan fingerprint density at radius 1 is 1.00 bits per heavy atom. The molecule has 0 bridgehead atoms. The van der Waals surface area contributed by atoms with Crippen molar-refractivity contribution in [2.45, 2.75) is 52.2 Å². The van der Waals surface area contributed by atoms with Gasteiger partial charge in [0.15, 0.2) is 0 Å². The van der Waals surface area contributed by atoms with Crippen molar-refractivity contribution in [2.75, 3.05) is 36.4 Å². The van der Waals surface area contributed by atoms with Crippen LogP contribution in [-0.4, -0.2) is 48.6 Å². The quantitative estimate of drug-likeness (QED) is 0.690. The molecule has 1 unspecified atom stereocenters. The van der Waals surface area contributed by atoms with Crippen molar-refractivity contribution in [3.05, 3.63) is 60.2 Å². The van der Waals surface area contributed by atoms with Crippen molar-refractivity contribution in [2.24, 2.45) is 0 Å². The van der Waals surface area contributed by atoms with Gasteiger partial charge in [-0.05, 0) is 57.0 Å². The van der Waals surface area contributed by atoms with E-state index < -0.39 is 0 Å². The van der Waals surface area contributed by atoms with Crippen molar-refractivity contribution in [3.63, 3.8) is 0 Å². The Morgan fingerprint density at radius 3 is 2.23 bits per heavy atom. The fourth-order valence-electron chi connectivity index (χ4n) is 3.62. The van der Waals surface area contributed by atoms with Crippen LogP contribution in [0.5, 0.6) is 0 Å². The highest BCUT2D eigenvalue weighted by atomic mass is 16.2. The summed E-state index contributed by atoms with van der Waals surface area (Å²) >= 11 is 0. The van der Waals surface area contributed by atoms with E-state index in [1.165, 1.54) is 11.3 Å². The summed E-state index contributed by atoms with van der Waals surface area (Å²) in [6.45, 7) is 13.3. The highest BCUT2D eigenvalue weighted by molar-refractivity contribution is 5.84. The highest BCUT2D eigenvalue weighted by Crippen LogP contribution is 2.21. The van der Waals surface area contributed by atoms with Gasteiger partial charge in [-0.25, -0.2) is 0 Å². The van der Waals surface area contributed by atoms with E-state index in [4.69, 9.17) is 0 Å². The fraction of sp³-hybridized carbons (Fsp3) is 0.480. The summed E-state index contributed by atoms with van der Waals surface area (Å²) in [6, 6.07) is 18.8. The molecule has 1 aliphatic rings. The molecular weight excluding hydrogens is 372 g/mol. The van der Waals surface area contributed by atoms with Crippen LogP contribution < -0.4 is 15.5 Å². The van der Waals surface area contributed by atoms with Crippen molar-refractivity contribution in [1.29, 1.82) is 0 Å². The van der Waals surface area contributed by atoms with Crippen LogP contribution in [0.1, 0.15) is 39.7 Å². The van der Waals surface area contributed by atoms with Crippen LogP contribution in [0.2, 0.25) is 0 Å². The molecule has 0 radical (unpaired) electrons. The molecule has 0 aliphatic carbocycles. The number of hydrogen-bond acceptors (Lipinski definition) is 4. The summed E-state index contributed by atoms with van der Waals surface area (Å²) in [4.78, 5) is 17.4. The van der Waals surface area contributed by atoms with Crippen LogP contribution in [0.3, 0.4) is 0 Å². The lowest BCUT2D eigenvalue weighted by Gasteiger charge is -2.36. The number of carbonyl (C=O) groups is 1. The molecule has 2 aromatic carbocycles. The number of anilines is 2. The van der Waals surface area contributed by atoms with Gasteiger partial charge in [-0.2, -0.15) is 0 Å². The molecule has 1 heterocycles. The zero-order valence-corrected chi connectivity index (χ0v) is 18.8. The number of nitrogens with zero attached hydrogens (tertiary/aromatic N) is 2. The minimum atomic E-state index is -0.275. The third-order valence-electron chi connectivity index (χ3n) is 5.98. The number of rotatable bonds is 8. The lowest BCUT2D eigenvalue weighted by molar-refractivity contribution is -0.123. The molecule has 1 aliphatic heterocycles. The van der Waals surface area contributed by atoms with Gasteiger partial charge in [0.1, 0.15) is 6.04 Å². The first-order valence-corrected chi connectivity index (χ1v) is 11.1. The first-order chi connectivity index (χ1) is 14.4.